The van der Waals surface area contributed by atoms with E-state index >= 15 is 0 Å². The molecule has 3 nitrogen and oxygen atoms in total. The van der Waals surface area contributed by atoms with E-state index < -0.39 is 0 Å². The Bertz CT molecular complexity index is 198. The van der Waals surface area contributed by atoms with Gasteiger partial charge in [0, 0.05) is 19.5 Å². The Kier molecular flexibility index (Phi) is 6.46. The fourth-order valence-electron chi connectivity index (χ4n) is 2.45. The fourth-order valence-corrected chi connectivity index (χ4v) is 2.45. The summed E-state index contributed by atoms with van der Waals surface area (Å²) < 4.78 is 0. The molecule has 0 saturated heterocycles. The minimum absolute atomic E-state index is 0.281. The van der Waals surface area contributed by atoms with Crippen molar-refractivity contribution in [3.05, 3.63) is 0 Å². The molecule has 0 heterocycles. The van der Waals surface area contributed by atoms with E-state index in [1.165, 1.54) is 32.1 Å². The molecule has 1 fully saturated rings. The number of hydrogen-bond acceptors (Lipinski definition) is 2. The van der Waals surface area contributed by atoms with Gasteiger partial charge in [0.15, 0.2) is 0 Å². The maximum absolute atomic E-state index is 12.2. The standard InChI is InChI=1S/C13H26N2O/c1-15(11-7-10-14)13(16)12-8-5-3-2-4-6-9-12/h12H,2-11,14H2,1H3. The van der Waals surface area contributed by atoms with Crippen LogP contribution in [-0.2, 0) is 4.79 Å². The van der Waals surface area contributed by atoms with Gasteiger partial charge >= 0.3 is 0 Å². The minimum atomic E-state index is 0.281. The Morgan fingerprint density at radius 3 is 2.31 bits per heavy atom. The summed E-state index contributed by atoms with van der Waals surface area (Å²) in [6.45, 7) is 1.48. The highest BCUT2D eigenvalue weighted by Gasteiger charge is 2.21. The summed E-state index contributed by atoms with van der Waals surface area (Å²) in [6.07, 6.45) is 9.49. The summed E-state index contributed by atoms with van der Waals surface area (Å²) in [6, 6.07) is 0. The van der Waals surface area contributed by atoms with E-state index in [4.69, 9.17) is 5.73 Å². The highest BCUT2D eigenvalue weighted by atomic mass is 16.2. The van der Waals surface area contributed by atoms with E-state index in [0.29, 0.717) is 12.5 Å². The number of nitrogens with two attached hydrogens (primary N) is 1. The second-order valence-electron chi connectivity index (χ2n) is 4.94. The SMILES string of the molecule is CN(CCCN)C(=O)C1CCCCCCC1. The normalized spacial score (nSPS) is 18.9. The zero-order valence-corrected chi connectivity index (χ0v) is 10.6. The van der Waals surface area contributed by atoms with Crippen molar-refractivity contribution in [1.82, 2.24) is 4.90 Å². The number of carbonyl (C=O) groups is 1. The molecule has 0 aromatic heterocycles. The number of nitrogens with zero attached hydrogens (tertiary/aromatic N) is 1. The molecule has 1 rings (SSSR count). The van der Waals surface area contributed by atoms with Gasteiger partial charge in [-0.3, -0.25) is 4.79 Å². The molecule has 0 radical (unpaired) electrons. The van der Waals surface area contributed by atoms with E-state index in [9.17, 15) is 4.79 Å². The first-order chi connectivity index (χ1) is 7.75. The number of carbonyl (C=O) groups excluding carboxylic acids is 1. The van der Waals surface area contributed by atoms with E-state index in [0.717, 1.165) is 25.8 Å². The van der Waals surface area contributed by atoms with E-state index in [1.807, 2.05) is 11.9 Å². The van der Waals surface area contributed by atoms with Gasteiger partial charge in [0.2, 0.25) is 5.91 Å². The van der Waals surface area contributed by atoms with Crippen LogP contribution in [0, 0.1) is 5.92 Å². The van der Waals surface area contributed by atoms with Gasteiger partial charge in [-0.1, -0.05) is 32.1 Å². The van der Waals surface area contributed by atoms with E-state index in [-0.39, 0.29) is 5.92 Å². The van der Waals surface area contributed by atoms with Gasteiger partial charge in [-0.05, 0) is 25.8 Å². The zero-order chi connectivity index (χ0) is 11.8. The molecule has 2 N–H and O–H groups in total. The van der Waals surface area contributed by atoms with Gasteiger partial charge in [-0.15, -0.1) is 0 Å². The van der Waals surface area contributed by atoms with Crippen molar-refractivity contribution in [2.24, 2.45) is 11.7 Å². The molecule has 1 saturated carbocycles. The smallest absolute Gasteiger partial charge is 0.225 e. The van der Waals surface area contributed by atoms with E-state index in [1.54, 1.807) is 0 Å². The fraction of sp³-hybridized carbons (Fsp3) is 0.923. The third kappa shape index (κ3) is 4.52. The molecule has 94 valence electrons. The third-order valence-corrected chi connectivity index (χ3v) is 3.53. The molecule has 0 aromatic carbocycles. The zero-order valence-electron chi connectivity index (χ0n) is 10.6. The number of hydrogen-bond donors (Lipinski definition) is 1. The molecule has 0 atom stereocenters. The summed E-state index contributed by atoms with van der Waals surface area (Å²) in [7, 11) is 1.91. The quantitative estimate of drug-likeness (QED) is 0.798. The van der Waals surface area contributed by atoms with Gasteiger partial charge < -0.3 is 10.6 Å². The van der Waals surface area contributed by atoms with Crippen molar-refractivity contribution >= 4 is 5.91 Å². The van der Waals surface area contributed by atoms with Gasteiger partial charge in [0.25, 0.3) is 0 Å². The molecular weight excluding hydrogens is 200 g/mol. The maximum Gasteiger partial charge on any atom is 0.225 e. The third-order valence-electron chi connectivity index (χ3n) is 3.53. The van der Waals surface area contributed by atoms with Crippen LogP contribution in [0.4, 0.5) is 0 Å². The minimum Gasteiger partial charge on any atom is -0.345 e. The lowest BCUT2D eigenvalue weighted by Crippen LogP contribution is -2.34. The lowest BCUT2D eigenvalue weighted by Gasteiger charge is -2.25. The predicted octanol–water partition coefficient (Wildman–Crippen LogP) is 2.15. The van der Waals surface area contributed by atoms with E-state index in [2.05, 4.69) is 0 Å². The summed E-state index contributed by atoms with van der Waals surface area (Å²) in [4.78, 5) is 14.0. The van der Waals surface area contributed by atoms with Crippen LogP contribution in [0.3, 0.4) is 0 Å². The number of amides is 1. The molecule has 0 aliphatic heterocycles. The second kappa shape index (κ2) is 7.66. The van der Waals surface area contributed by atoms with Gasteiger partial charge in [0.05, 0.1) is 0 Å². The van der Waals surface area contributed by atoms with Crippen molar-refractivity contribution in [3.63, 3.8) is 0 Å². The number of rotatable bonds is 4. The summed E-state index contributed by atoms with van der Waals surface area (Å²) >= 11 is 0. The summed E-state index contributed by atoms with van der Waals surface area (Å²) in [5, 5.41) is 0. The van der Waals surface area contributed by atoms with Crippen LogP contribution in [-0.4, -0.2) is 30.9 Å². The largest absolute Gasteiger partial charge is 0.345 e. The van der Waals surface area contributed by atoms with Crippen molar-refractivity contribution in [3.8, 4) is 0 Å². The Balaban J connectivity index is 2.37. The first-order valence-corrected chi connectivity index (χ1v) is 6.70. The van der Waals surface area contributed by atoms with Crippen molar-refractivity contribution in [1.29, 1.82) is 0 Å². The molecule has 1 aliphatic carbocycles. The monoisotopic (exact) mass is 226 g/mol. The molecule has 1 aliphatic rings. The Labute approximate surface area is 99.4 Å². The molecule has 0 bridgehead atoms. The van der Waals surface area contributed by atoms with Crippen LogP contribution in [0.2, 0.25) is 0 Å². The van der Waals surface area contributed by atoms with Crippen LogP contribution in [0.25, 0.3) is 0 Å². The first-order valence-electron chi connectivity index (χ1n) is 6.70. The molecule has 0 unspecified atom stereocenters. The predicted molar refractivity (Wildman–Crippen MR) is 67.1 cm³/mol. The van der Waals surface area contributed by atoms with Crippen molar-refractivity contribution in [2.75, 3.05) is 20.1 Å². The lowest BCUT2D eigenvalue weighted by molar-refractivity contribution is -0.134. The van der Waals surface area contributed by atoms with Crippen molar-refractivity contribution in [2.45, 2.75) is 51.4 Å². The Hall–Kier alpha value is -0.570. The lowest BCUT2D eigenvalue weighted by atomic mass is 9.90. The summed E-state index contributed by atoms with van der Waals surface area (Å²) in [5.74, 6) is 0.624. The Morgan fingerprint density at radius 1 is 1.19 bits per heavy atom. The van der Waals surface area contributed by atoms with Crippen molar-refractivity contribution < 1.29 is 4.79 Å². The Morgan fingerprint density at radius 2 is 1.75 bits per heavy atom. The van der Waals surface area contributed by atoms with Crippen LogP contribution >= 0.6 is 0 Å². The molecule has 0 aromatic rings. The van der Waals surface area contributed by atoms with Crippen LogP contribution < -0.4 is 5.73 Å². The van der Waals surface area contributed by atoms with Gasteiger partial charge in [-0.2, -0.15) is 0 Å². The second-order valence-corrected chi connectivity index (χ2v) is 4.94. The molecule has 1 amide bonds. The van der Waals surface area contributed by atoms with Gasteiger partial charge in [-0.25, -0.2) is 0 Å². The molecular formula is C13H26N2O. The highest BCUT2D eigenvalue weighted by Crippen LogP contribution is 2.23. The van der Waals surface area contributed by atoms with Crippen LogP contribution in [0.15, 0.2) is 0 Å². The molecule has 16 heavy (non-hydrogen) atoms. The van der Waals surface area contributed by atoms with Crippen LogP contribution in [0.1, 0.15) is 51.4 Å². The topological polar surface area (TPSA) is 46.3 Å². The highest BCUT2D eigenvalue weighted by molar-refractivity contribution is 5.78. The van der Waals surface area contributed by atoms with Crippen LogP contribution in [0.5, 0.6) is 0 Å². The van der Waals surface area contributed by atoms with Gasteiger partial charge in [0.1, 0.15) is 0 Å². The summed E-state index contributed by atoms with van der Waals surface area (Å²) in [5.41, 5.74) is 5.46. The average molecular weight is 226 g/mol. The average Bonchev–Trinajstić information content (AvgIpc) is 2.24. The maximum atomic E-state index is 12.2. The first kappa shape index (κ1) is 13.5. The molecule has 0 spiro atoms. The molecule has 3 heteroatoms.